The van der Waals surface area contributed by atoms with Crippen molar-refractivity contribution in [2.45, 2.75) is 6.42 Å². The number of hydrogen-bond acceptors (Lipinski definition) is 5. The minimum absolute atomic E-state index is 0.0247. The molecule has 0 spiro atoms. The maximum absolute atomic E-state index is 12.9. The highest BCUT2D eigenvalue weighted by atomic mass is 16.6. The second-order valence-corrected chi connectivity index (χ2v) is 6.75. The third kappa shape index (κ3) is 3.03. The number of fused-ring (bicyclic) bond motifs is 2. The molecule has 2 aliphatic heterocycles. The van der Waals surface area contributed by atoms with Crippen molar-refractivity contribution in [1.29, 1.82) is 0 Å². The average molecular weight is 373 g/mol. The summed E-state index contributed by atoms with van der Waals surface area (Å²) < 4.78 is 11.1. The first-order chi connectivity index (χ1) is 13.8. The third-order valence-corrected chi connectivity index (χ3v) is 4.96. The van der Waals surface area contributed by atoms with E-state index in [1.165, 1.54) is 5.56 Å². The van der Waals surface area contributed by atoms with Gasteiger partial charge in [0.25, 0.3) is 5.91 Å². The molecule has 1 aromatic heterocycles. The van der Waals surface area contributed by atoms with Crippen molar-refractivity contribution >= 4 is 23.1 Å². The molecule has 3 heterocycles. The van der Waals surface area contributed by atoms with E-state index in [1.807, 2.05) is 47.4 Å². The molecule has 0 aliphatic carbocycles. The molecule has 0 unspecified atom stereocenters. The van der Waals surface area contributed by atoms with Crippen LogP contribution in [0.1, 0.15) is 15.9 Å². The topological polar surface area (TPSA) is 63.7 Å². The SMILES string of the molecule is O=C(c1ccc(Nc2ccc3c(c2)OCCO3)nc1)N1CCc2ccccc21. The summed E-state index contributed by atoms with van der Waals surface area (Å²) in [4.78, 5) is 19.1. The number of carbonyl (C=O) groups excluding carboxylic acids is 1. The third-order valence-electron chi connectivity index (χ3n) is 4.96. The van der Waals surface area contributed by atoms with Crippen molar-refractivity contribution in [3.8, 4) is 11.5 Å². The van der Waals surface area contributed by atoms with Crippen molar-refractivity contribution in [3.63, 3.8) is 0 Å². The van der Waals surface area contributed by atoms with Gasteiger partial charge in [-0.2, -0.15) is 0 Å². The van der Waals surface area contributed by atoms with Crippen molar-refractivity contribution in [2.75, 3.05) is 30.0 Å². The van der Waals surface area contributed by atoms with Crippen molar-refractivity contribution in [2.24, 2.45) is 0 Å². The normalized spacial score (nSPS) is 14.5. The van der Waals surface area contributed by atoms with Crippen molar-refractivity contribution in [1.82, 2.24) is 4.98 Å². The number of nitrogens with zero attached hydrogens (tertiary/aromatic N) is 2. The molecule has 3 aromatic rings. The van der Waals surface area contributed by atoms with Gasteiger partial charge >= 0.3 is 0 Å². The van der Waals surface area contributed by atoms with Crippen LogP contribution in [0.2, 0.25) is 0 Å². The van der Waals surface area contributed by atoms with E-state index in [9.17, 15) is 4.79 Å². The van der Waals surface area contributed by atoms with Crippen molar-refractivity contribution < 1.29 is 14.3 Å². The Morgan fingerprint density at radius 2 is 1.86 bits per heavy atom. The zero-order valence-electron chi connectivity index (χ0n) is 15.2. The Hall–Kier alpha value is -3.54. The number of anilines is 3. The smallest absolute Gasteiger partial charge is 0.259 e. The number of rotatable bonds is 3. The molecule has 1 N–H and O–H groups in total. The maximum Gasteiger partial charge on any atom is 0.259 e. The summed E-state index contributed by atoms with van der Waals surface area (Å²) in [7, 11) is 0. The molecule has 28 heavy (non-hydrogen) atoms. The molecule has 0 atom stereocenters. The number of amides is 1. The standard InChI is InChI=1S/C22H19N3O3/c26-22(25-10-9-15-3-1-2-4-18(15)25)16-5-8-21(23-14-16)24-17-6-7-19-20(13-17)28-12-11-27-19/h1-8,13-14H,9-12H2,(H,23,24). The van der Waals surface area contributed by atoms with Gasteiger partial charge in [-0.25, -0.2) is 4.98 Å². The Labute approximate surface area is 162 Å². The number of pyridine rings is 1. The lowest BCUT2D eigenvalue weighted by Gasteiger charge is -2.19. The van der Waals surface area contributed by atoms with Gasteiger partial charge in [0.2, 0.25) is 0 Å². The van der Waals surface area contributed by atoms with Gasteiger partial charge in [0, 0.05) is 30.2 Å². The first-order valence-corrected chi connectivity index (χ1v) is 9.30. The second kappa shape index (κ2) is 6.88. The molecule has 0 radical (unpaired) electrons. The largest absolute Gasteiger partial charge is 0.486 e. The van der Waals surface area contributed by atoms with E-state index in [4.69, 9.17) is 9.47 Å². The van der Waals surface area contributed by atoms with E-state index in [2.05, 4.69) is 16.4 Å². The molecular formula is C22H19N3O3. The molecule has 140 valence electrons. The van der Waals surface area contributed by atoms with Gasteiger partial charge in [0.15, 0.2) is 11.5 Å². The van der Waals surface area contributed by atoms with Gasteiger partial charge in [0.1, 0.15) is 19.0 Å². The molecule has 2 aromatic carbocycles. The van der Waals surface area contributed by atoms with Crippen LogP contribution in [-0.4, -0.2) is 30.6 Å². The highest BCUT2D eigenvalue weighted by Gasteiger charge is 2.25. The number of hydrogen-bond donors (Lipinski definition) is 1. The number of aromatic nitrogens is 1. The molecule has 0 fully saturated rings. The Kier molecular flexibility index (Phi) is 4.09. The number of para-hydroxylation sites is 1. The van der Waals surface area contributed by atoms with E-state index in [0.29, 0.717) is 31.1 Å². The van der Waals surface area contributed by atoms with Crippen LogP contribution in [0.4, 0.5) is 17.2 Å². The summed E-state index contributed by atoms with van der Waals surface area (Å²) in [6.07, 6.45) is 2.50. The summed E-state index contributed by atoms with van der Waals surface area (Å²) in [5.74, 6) is 2.10. The summed E-state index contributed by atoms with van der Waals surface area (Å²) in [5, 5.41) is 3.23. The van der Waals surface area contributed by atoms with Gasteiger partial charge in [-0.05, 0) is 42.3 Å². The zero-order valence-corrected chi connectivity index (χ0v) is 15.2. The summed E-state index contributed by atoms with van der Waals surface area (Å²) in [6, 6.07) is 17.3. The highest BCUT2D eigenvalue weighted by Crippen LogP contribution is 2.33. The first kappa shape index (κ1) is 16.6. The number of benzene rings is 2. The molecule has 0 saturated heterocycles. The quantitative estimate of drug-likeness (QED) is 0.757. The Bertz CT molecular complexity index is 1030. The molecule has 1 amide bonds. The highest BCUT2D eigenvalue weighted by molar-refractivity contribution is 6.07. The van der Waals surface area contributed by atoms with Crippen LogP contribution >= 0.6 is 0 Å². The molecule has 5 rings (SSSR count). The van der Waals surface area contributed by atoms with Crippen molar-refractivity contribution in [3.05, 3.63) is 71.9 Å². The minimum atomic E-state index is -0.0247. The Morgan fingerprint density at radius 1 is 1.00 bits per heavy atom. The van der Waals surface area contributed by atoms with Crippen LogP contribution in [0.15, 0.2) is 60.8 Å². The fourth-order valence-corrected chi connectivity index (χ4v) is 3.57. The molecule has 6 nitrogen and oxygen atoms in total. The van der Waals surface area contributed by atoms with E-state index in [-0.39, 0.29) is 5.91 Å². The fraction of sp³-hybridized carbons (Fsp3) is 0.182. The average Bonchev–Trinajstić information content (AvgIpc) is 3.18. The van der Waals surface area contributed by atoms with E-state index < -0.39 is 0 Å². The molecule has 0 saturated carbocycles. The molecule has 6 heteroatoms. The van der Waals surface area contributed by atoms with Gasteiger partial charge in [0.05, 0.1) is 5.56 Å². The molecule has 0 bridgehead atoms. The number of carbonyl (C=O) groups is 1. The zero-order chi connectivity index (χ0) is 18.9. The van der Waals surface area contributed by atoms with Crippen LogP contribution in [-0.2, 0) is 6.42 Å². The van der Waals surface area contributed by atoms with Gasteiger partial charge < -0.3 is 19.7 Å². The van der Waals surface area contributed by atoms with E-state index >= 15 is 0 Å². The number of nitrogens with one attached hydrogen (secondary N) is 1. The van der Waals surface area contributed by atoms with E-state index in [0.717, 1.165) is 29.3 Å². The van der Waals surface area contributed by atoms with Gasteiger partial charge in [-0.1, -0.05) is 18.2 Å². The van der Waals surface area contributed by atoms with Crippen LogP contribution in [0, 0.1) is 0 Å². The summed E-state index contributed by atoms with van der Waals surface area (Å²) in [5.41, 5.74) is 3.63. The molecular weight excluding hydrogens is 354 g/mol. The van der Waals surface area contributed by atoms with Crippen LogP contribution in [0.5, 0.6) is 11.5 Å². The van der Waals surface area contributed by atoms with Gasteiger partial charge in [-0.15, -0.1) is 0 Å². The summed E-state index contributed by atoms with van der Waals surface area (Å²) >= 11 is 0. The molecule has 2 aliphatic rings. The minimum Gasteiger partial charge on any atom is -0.486 e. The number of ether oxygens (including phenoxy) is 2. The summed E-state index contributed by atoms with van der Waals surface area (Å²) in [6.45, 7) is 1.82. The Balaban J connectivity index is 1.32. The van der Waals surface area contributed by atoms with Crippen LogP contribution < -0.4 is 19.7 Å². The Morgan fingerprint density at radius 3 is 2.71 bits per heavy atom. The monoisotopic (exact) mass is 373 g/mol. The van der Waals surface area contributed by atoms with E-state index in [1.54, 1.807) is 12.3 Å². The lowest BCUT2D eigenvalue weighted by molar-refractivity contribution is 0.0989. The maximum atomic E-state index is 12.9. The lowest BCUT2D eigenvalue weighted by atomic mass is 10.2. The van der Waals surface area contributed by atoms with Gasteiger partial charge in [-0.3, -0.25) is 4.79 Å². The van der Waals surface area contributed by atoms with Crippen LogP contribution in [0.3, 0.4) is 0 Å². The second-order valence-electron chi connectivity index (χ2n) is 6.75. The predicted octanol–water partition coefficient (Wildman–Crippen LogP) is 3.80. The fourth-order valence-electron chi connectivity index (χ4n) is 3.57. The first-order valence-electron chi connectivity index (χ1n) is 9.30. The predicted molar refractivity (Wildman–Crippen MR) is 107 cm³/mol. The van der Waals surface area contributed by atoms with Crippen LogP contribution in [0.25, 0.3) is 0 Å². The lowest BCUT2D eigenvalue weighted by Crippen LogP contribution is -2.28.